The van der Waals surface area contributed by atoms with E-state index in [9.17, 15) is 17.6 Å². The van der Waals surface area contributed by atoms with Gasteiger partial charge in [-0.2, -0.15) is 4.31 Å². The molecule has 8 heteroatoms. The highest BCUT2D eigenvalue weighted by atomic mass is 32.2. The van der Waals surface area contributed by atoms with Crippen LogP contribution in [-0.4, -0.2) is 31.2 Å². The van der Waals surface area contributed by atoms with Gasteiger partial charge in [-0.3, -0.25) is 4.79 Å². The van der Waals surface area contributed by atoms with Gasteiger partial charge in [0.2, 0.25) is 10.0 Å². The number of aryl methyl sites for hydroxylation is 1. The molecule has 0 unspecified atom stereocenters. The van der Waals surface area contributed by atoms with E-state index in [-0.39, 0.29) is 16.7 Å². The highest BCUT2D eigenvalue weighted by Crippen LogP contribution is 2.28. The number of anilines is 1. The van der Waals surface area contributed by atoms with Crippen LogP contribution < -0.4 is 5.32 Å². The average molecular weight is 431 g/mol. The van der Waals surface area contributed by atoms with Crippen LogP contribution in [0.2, 0.25) is 0 Å². The van der Waals surface area contributed by atoms with Crippen LogP contribution in [-0.2, 0) is 10.0 Å². The zero-order valence-corrected chi connectivity index (χ0v) is 17.6. The Labute approximate surface area is 174 Å². The summed E-state index contributed by atoms with van der Waals surface area (Å²) in [6.07, 6.45) is 2.75. The molecular formula is C22H23FN2O4S. The fraction of sp³-hybridized carbons (Fsp3) is 0.318. The summed E-state index contributed by atoms with van der Waals surface area (Å²) in [4.78, 5) is 12.8. The predicted octanol–water partition coefficient (Wildman–Crippen LogP) is 4.70. The smallest absolute Gasteiger partial charge is 0.291 e. The van der Waals surface area contributed by atoms with Gasteiger partial charge in [0.1, 0.15) is 11.4 Å². The van der Waals surface area contributed by atoms with Crippen molar-refractivity contribution in [2.75, 3.05) is 11.9 Å². The zero-order chi connectivity index (χ0) is 21.5. The van der Waals surface area contributed by atoms with Crippen molar-refractivity contribution in [3.63, 3.8) is 0 Å². The van der Waals surface area contributed by atoms with E-state index in [1.165, 1.54) is 30.3 Å². The molecule has 0 bridgehead atoms. The molecule has 1 saturated heterocycles. The Kier molecular flexibility index (Phi) is 5.38. The number of hydrogen-bond donors (Lipinski definition) is 1. The summed E-state index contributed by atoms with van der Waals surface area (Å²) in [5.41, 5.74) is 1.41. The van der Waals surface area contributed by atoms with E-state index in [1.54, 1.807) is 23.4 Å². The van der Waals surface area contributed by atoms with E-state index < -0.39 is 21.7 Å². The Morgan fingerprint density at radius 2 is 1.90 bits per heavy atom. The number of rotatable bonds is 4. The van der Waals surface area contributed by atoms with Crippen molar-refractivity contribution in [2.24, 2.45) is 0 Å². The summed E-state index contributed by atoms with van der Waals surface area (Å²) in [6, 6.07) is 10.1. The lowest BCUT2D eigenvalue weighted by Crippen LogP contribution is -2.41. The summed E-state index contributed by atoms with van der Waals surface area (Å²) in [5, 5.41) is 3.25. The van der Waals surface area contributed by atoms with Crippen molar-refractivity contribution >= 4 is 32.6 Å². The van der Waals surface area contributed by atoms with Gasteiger partial charge in [0, 0.05) is 29.2 Å². The number of halogens is 1. The molecule has 1 aliphatic rings. The van der Waals surface area contributed by atoms with Crippen LogP contribution >= 0.6 is 0 Å². The summed E-state index contributed by atoms with van der Waals surface area (Å²) >= 11 is 0. The van der Waals surface area contributed by atoms with E-state index in [0.717, 1.165) is 19.3 Å². The standard InChI is InChI=1S/C22H23FN2O4S/c1-14-5-3-4-12-25(14)30(27,28)18-9-7-17(8-10-18)24-22(26)21-15(2)19-13-16(23)6-11-20(19)29-21/h6-11,13-14H,3-5,12H2,1-2H3,(H,24,26)/t14-/m1/s1. The largest absolute Gasteiger partial charge is 0.451 e. The molecule has 1 atom stereocenters. The zero-order valence-electron chi connectivity index (χ0n) is 16.8. The van der Waals surface area contributed by atoms with Crippen molar-refractivity contribution in [1.82, 2.24) is 4.31 Å². The summed E-state index contributed by atoms with van der Waals surface area (Å²) < 4.78 is 46.4. The third-order valence-corrected chi connectivity index (χ3v) is 7.59. The number of hydrogen-bond acceptors (Lipinski definition) is 4. The van der Waals surface area contributed by atoms with Crippen LogP contribution in [0.5, 0.6) is 0 Å². The van der Waals surface area contributed by atoms with Gasteiger partial charge in [0.05, 0.1) is 4.90 Å². The number of carbonyl (C=O) groups excluding carboxylic acids is 1. The van der Waals surface area contributed by atoms with Gasteiger partial charge in [-0.15, -0.1) is 0 Å². The van der Waals surface area contributed by atoms with E-state index in [1.807, 2.05) is 6.92 Å². The highest BCUT2D eigenvalue weighted by molar-refractivity contribution is 7.89. The van der Waals surface area contributed by atoms with Crippen molar-refractivity contribution in [3.8, 4) is 0 Å². The second-order valence-corrected chi connectivity index (χ2v) is 9.53. The third kappa shape index (κ3) is 3.73. The first-order chi connectivity index (χ1) is 14.3. The third-order valence-electron chi connectivity index (χ3n) is 5.57. The van der Waals surface area contributed by atoms with Crippen LogP contribution in [0.15, 0.2) is 51.8 Å². The highest BCUT2D eigenvalue weighted by Gasteiger charge is 2.30. The Balaban J connectivity index is 1.54. The second kappa shape index (κ2) is 7.85. The Morgan fingerprint density at radius 3 is 2.60 bits per heavy atom. The molecule has 0 aliphatic carbocycles. The van der Waals surface area contributed by atoms with Gasteiger partial charge < -0.3 is 9.73 Å². The maximum atomic E-state index is 13.5. The number of sulfonamides is 1. The van der Waals surface area contributed by atoms with Crippen LogP contribution in [0, 0.1) is 12.7 Å². The number of fused-ring (bicyclic) bond motifs is 1. The first-order valence-electron chi connectivity index (χ1n) is 9.89. The number of amides is 1. The SMILES string of the molecule is Cc1c(C(=O)Nc2ccc(S(=O)(=O)N3CCCC[C@H]3C)cc2)oc2ccc(F)cc12. The molecule has 1 amide bonds. The minimum absolute atomic E-state index is 0.0240. The Morgan fingerprint density at radius 1 is 1.17 bits per heavy atom. The van der Waals surface area contributed by atoms with Gasteiger partial charge in [-0.25, -0.2) is 12.8 Å². The Bertz CT molecular complexity index is 1200. The second-order valence-electron chi connectivity index (χ2n) is 7.64. The van der Waals surface area contributed by atoms with Crippen molar-refractivity contribution < 1.29 is 22.0 Å². The van der Waals surface area contributed by atoms with Gasteiger partial charge in [-0.05, 0) is 69.2 Å². The predicted molar refractivity (Wildman–Crippen MR) is 113 cm³/mol. The van der Waals surface area contributed by atoms with E-state index in [2.05, 4.69) is 5.32 Å². The van der Waals surface area contributed by atoms with Crippen LogP contribution in [0.1, 0.15) is 42.3 Å². The summed E-state index contributed by atoms with van der Waals surface area (Å²) in [6.45, 7) is 4.14. The molecule has 1 N–H and O–H groups in total. The fourth-order valence-corrected chi connectivity index (χ4v) is 5.57. The van der Waals surface area contributed by atoms with Crippen molar-refractivity contribution in [1.29, 1.82) is 0 Å². The lowest BCUT2D eigenvalue weighted by atomic mass is 10.1. The van der Waals surface area contributed by atoms with Gasteiger partial charge in [0.25, 0.3) is 5.91 Å². The average Bonchev–Trinajstić information content (AvgIpc) is 3.05. The molecule has 2 aromatic carbocycles. The van der Waals surface area contributed by atoms with E-state index in [0.29, 0.717) is 28.8 Å². The first kappa shape index (κ1) is 20.6. The number of piperidine rings is 1. The normalized spacial score (nSPS) is 17.9. The molecule has 4 rings (SSSR count). The molecule has 30 heavy (non-hydrogen) atoms. The maximum Gasteiger partial charge on any atom is 0.291 e. The molecule has 1 aromatic heterocycles. The molecule has 3 aromatic rings. The lowest BCUT2D eigenvalue weighted by molar-refractivity contribution is 0.0998. The first-order valence-corrected chi connectivity index (χ1v) is 11.3. The summed E-state index contributed by atoms with van der Waals surface area (Å²) in [7, 11) is -3.57. The van der Waals surface area contributed by atoms with Gasteiger partial charge in [0.15, 0.2) is 5.76 Å². The topological polar surface area (TPSA) is 79.6 Å². The molecule has 0 radical (unpaired) electrons. The quantitative estimate of drug-likeness (QED) is 0.651. The summed E-state index contributed by atoms with van der Waals surface area (Å²) in [5.74, 6) is -0.794. The minimum atomic E-state index is -3.57. The number of carbonyl (C=O) groups is 1. The molecular weight excluding hydrogens is 407 g/mol. The number of furan rings is 1. The minimum Gasteiger partial charge on any atom is -0.451 e. The molecule has 0 saturated carbocycles. The van der Waals surface area contributed by atoms with Crippen molar-refractivity contribution in [2.45, 2.75) is 44.0 Å². The molecule has 158 valence electrons. The van der Waals surface area contributed by atoms with Crippen LogP contribution in [0.3, 0.4) is 0 Å². The van der Waals surface area contributed by atoms with Crippen LogP contribution in [0.25, 0.3) is 11.0 Å². The lowest BCUT2D eigenvalue weighted by Gasteiger charge is -2.32. The number of nitrogens with zero attached hydrogens (tertiary/aromatic N) is 1. The van der Waals surface area contributed by atoms with E-state index >= 15 is 0 Å². The maximum absolute atomic E-state index is 13.5. The van der Waals surface area contributed by atoms with Gasteiger partial charge in [-0.1, -0.05) is 6.42 Å². The monoisotopic (exact) mass is 430 g/mol. The van der Waals surface area contributed by atoms with Gasteiger partial charge >= 0.3 is 0 Å². The molecule has 1 aliphatic heterocycles. The van der Waals surface area contributed by atoms with Crippen LogP contribution in [0.4, 0.5) is 10.1 Å². The van der Waals surface area contributed by atoms with Crippen molar-refractivity contribution in [3.05, 3.63) is 59.6 Å². The molecule has 1 fully saturated rings. The van der Waals surface area contributed by atoms with E-state index in [4.69, 9.17) is 4.42 Å². The number of benzene rings is 2. The molecule has 2 heterocycles. The fourth-order valence-electron chi connectivity index (χ4n) is 3.87. The molecule has 0 spiro atoms. The molecule has 6 nitrogen and oxygen atoms in total. The Hall–Kier alpha value is -2.71. The number of nitrogens with one attached hydrogen (secondary N) is 1.